The van der Waals surface area contributed by atoms with E-state index in [4.69, 9.17) is 0 Å². The number of halogens is 1. The third-order valence-electron chi connectivity index (χ3n) is 4.10. The predicted molar refractivity (Wildman–Crippen MR) is 94.2 cm³/mol. The number of carbonyl (C=O) groups is 1. The van der Waals surface area contributed by atoms with Gasteiger partial charge in [0.25, 0.3) is 0 Å². The molecule has 3 nitrogen and oxygen atoms in total. The van der Waals surface area contributed by atoms with Gasteiger partial charge in [-0.25, -0.2) is 0 Å². The van der Waals surface area contributed by atoms with Crippen molar-refractivity contribution in [2.75, 3.05) is 10.2 Å². The summed E-state index contributed by atoms with van der Waals surface area (Å²) >= 11 is 3.54. The third-order valence-corrected chi connectivity index (χ3v) is 4.59. The number of benzene rings is 2. The Bertz CT molecular complexity index is 687. The number of fused-ring (bicyclic) bond motifs is 1. The fourth-order valence-electron chi connectivity index (χ4n) is 3.19. The summed E-state index contributed by atoms with van der Waals surface area (Å²) in [6, 6.07) is 16.7. The quantitative estimate of drug-likeness (QED) is 0.840. The van der Waals surface area contributed by atoms with Gasteiger partial charge in [0.15, 0.2) is 0 Å². The number of nitrogens with zero attached hydrogens (tertiary/aromatic N) is 1. The van der Waals surface area contributed by atoms with Crippen LogP contribution in [0.15, 0.2) is 53.0 Å². The molecule has 1 aliphatic heterocycles. The topological polar surface area (TPSA) is 32.3 Å². The molecule has 2 aromatic carbocycles. The van der Waals surface area contributed by atoms with E-state index in [-0.39, 0.29) is 18.0 Å². The molecular formula is C18H19BrN2O. The van der Waals surface area contributed by atoms with Crippen molar-refractivity contribution >= 4 is 33.2 Å². The molecule has 114 valence electrons. The molecule has 0 saturated carbocycles. The molecule has 2 atom stereocenters. The maximum absolute atomic E-state index is 12.0. The summed E-state index contributed by atoms with van der Waals surface area (Å²) < 4.78 is 1.03. The Morgan fingerprint density at radius 3 is 2.64 bits per heavy atom. The van der Waals surface area contributed by atoms with Crippen LogP contribution in [0, 0.1) is 0 Å². The summed E-state index contributed by atoms with van der Waals surface area (Å²) in [5.74, 6) is 0.0919. The lowest BCUT2D eigenvalue weighted by molar-refractivity contribution is -0.117. The van der Waals surface area contributed by atoms with Crippen molar-refractivity contribution in [1.29, 1.82) is 0 Å². The van der Waals surface area contributed by atoms with Crippen molar-refractivity contribution in [1.82, 2.24) is 0 Å². The average Bonchev–Trinajstić information content (AvgIpc) is 2.48. The van der Waals surface area contributed by atoms with E-state index in [0.717, 1.165) is 27.8 Å². The molecule has 4 heteroatoms. The van der Waals surface area contributed by atoms with E-state index in [9.17, 15) is 4.79 Å². The zero-order valence-corrected chi connectivity index (χ0v) is 14.3. The number of anilines is 2. The Morgan fingerprint density at radius 2 is 1.95 bits per heavy atom. The third kappa shape index (κ3) is 2.88. The van der Waals surface area contributed by atoms with Crippen LogP contribution in [0.5, 0.6) is 0 Å². The van der Waals surface area contributed by atoms with E-state index >= 15 is 0 Å². The van der Waals surface area contributed by atoms with Crippen molar-refractivity contribution < 1.29 is 4.79 Å². The second kappa shape index (κ2) is 6.13. The van der Waals surface area contributed by atoms with E-state index in [0.29, 0.717) is 0 Å². The van der Waals surface area contributed by atoms with E-state index in [1.807, 2.05) is 35.2 Å². The Kier molecular flexibility index (Phi) is 4.21. The zero-order valence-electron chi connectivity index (χ0n) is 12.7. The normalized spacial score (nSPS) is 20.4. The van der Waals surface area contributed by atoms with Crippen LogP contribution < -0.4 is 10.2 Å². The minimum atomic E-state index is 0.0919. The monoisotopic (exact) mass is 358 g/mol. The van der Waals surface area contributed by atoms with Crippen LogP contribution in [-0.4, -0.2) is 11.9 Å². The molecule has 3 rings (SSSR count). The maximum atomic E-state index is 12.0. The summed E-state index contributed by atoms with van der Waals surface area (Å²) in [6.07, 6.45) is 0.887. The van der Waals surface area contributed by atoms with Crippen LogP contribution in [-0.2, 0) is 4.79 Å². The van der Waals surface area contributed by atoms with Crippen LogP contribution in [0.2, 0.25) is 0 Å². The molecule has 1 N–H and O–H groups in total. The lowest BCUT2D eigenvalue weighted by Gasteiger charge is -2.39. The second-order valence-electron chi connectivity index (χ2n) is 5.74. The zero-order chi connectivity index (χ0) is 15.7. The van der Waals surface area contributed by atoms with Gasteiger partial charge in [-0.1, -0.05) is 34.1 Å². The molecule has 2 aromatic rings. The predicted octanol–water partition coefficient (Wildman–Crippen LogP) is 4.75. The van der Waals surface area contributed by atoms with Gasteiger partial charge in [-0.05, 0) is 49.2 Å². The number of nitrogens with one attached hydrogen (secondary N) is 1. The van der Waals surface area contributed by atoms with Gasteiger partial charge in [-0.15, -0.1) is 0 Å². The Hall–Kier alpha value is -1.81. The summed E-state index contributed by atoms with van der Waals surface area (Å²) in [5, 5.41) is 3.60. The molecule has 1 heterocycles. The highest BCUT2D eigenvalue weighted by Crippen LogP contribution is 2.40. The van der Waals surface area contributed by atoms with Gasteiger partial charge in [0.2, 0.25) is 5.91 Å². The standard InChI is InChI=1S/C18H19BrN2O/c1-12-10-17(20-15-6-4-3-5-7-15)16-11-14(19)8-9-18(16)21(12)13(2)22/h3-9,11-12,17,20H,10H2,1-2H3/t12-,17+/m1/s1. The van der Waals surface area contributed by atoms with Gasteiger partial charge >= 0.3 is 0 Å². The van der Waals surface area contributed by atoms with E-state index in [2.05, 4.69) is 46.4 Å². The summed E-state index contributed by atoms with van der Waals surface area (Å²) in [5.41, 5.74) is 3.26. The smallest absolute Gasteiger partial charge is 0.224 e. The van der Waals surface area contributed by atoms with Crippen LogP contribution in [0.1, 0.15) is 31.9 Å². The Labute approximate surface area is 139 Å². The minimum Gasteiger partial charge on any atom is -0.378 e. The first kappa shape index (κ1) is 15.1. The first-order valence-electron chi connectivity index (χ1n) is 7.47. The Balaban J connectivity index is 2.00. The highest BCUT2D eigenvalue weighted by molar-refractivity contribution is 9.10. The summed E-state index contributed by atoms with van der Waals surface area (Å²) in [6.45, 7) is 3.74. The van der Waals surface area contributed by atoms with Crippen molar-refractivity contribution in [3.8, 4) is 0 Å². The molecule has 0 spiro atoms. The SMILES string of the molecule is CC(=O)N1c2ccc(Br)cc2[C@@H](Nc2ccccc2)C[C@H]1C. The molecule has 0 fully saturated rings. The highest BCUT2D eigenvalue weighted by Gasteiger charge is 2.32. The number of carbonyl (C=O) groups excluding carboxylic acids is 1. The number of amides is 1. The number of hydrogen-bond acceptors (Lipinski definition) is 2. The highest BCUT2D eigenvalue weighted by atomic mass is 79.9. The number of hydrogen-bond donors (Lipinski definition) is 1. The fourth-order valence-corrected chi connectivity index (χ4v) is 3.57. The van der Waals surface area contributed by atoms with E-state index < -0.39 is 0 Å². The van der Waals surface area contributed by atoms with Crippen LogP contribution in [0.3, 0.4) is 0 Å². The maximum Gasteiger partial charge on any atom is 0.224 e. The van der Waals surface area contributed by atoms with Crippen molar-refractivity contribution in [3.05, 3.63) is 58.6 Å². The van der Waals surface area contributed by atoms with Crippen LogP contribution >= 0.6 is 15.9 Å². The first-order chi connectivity index (χ1) is 10.6. The molecule has 0 aromatic heterocycles. The molecular weight excluding hydrogens is 340 g/mol. The van der Waals surface area contributed by atoms with E-state index in [1.54, 1.807) is 6.92 Å². The lowest BCUT2D eigenvalue weighted by atomic mass is 9.91. The largest absolute Gasteiger partial charge is 0.378 e. The molecule has 0 unspecified atom stereocenters. The molecule has 0 aliphatic carbocycles. The average molecular weight is 359 g/mol. The number of para-hydroxylation sites is 1. The van der Waals surface area contributed by atoms with Gasteiger partial charge in [-0.2, -0.15) is 0 Å². The Morgan fingerprint density at radius 1 is 1.23 bits per heavy atom. The van der Waals surface area contributed by atoms with Gasteiger partial charge in [0.05, 0.1) is 6.04 Å². The summed E-state index contributed by atoms with van der Waals surface area (Å²) in [7, 11) is 0. The molecule has 0 bridgehead atoms. The second-order valence-corrected chi connectivity index (χ2v) is 6.66. The molecule has 1 aliphatic rings. The minimum absolute atomic E-state index is 0.0919. The molecule has 22 heavy (non-hydrogen) atoms. The van der Waals surface area contributed by atoms with Crippen molar-refractivity contribution in [2.24, 2.45) is 0 Å². The number of rotatable bonds is 2. The van der Waals surface area contributed by atoms with Crippen molar-refractivity contribution in [3.63, 3.8) is 0 Å². The molecule has 1 amide bonds. The van der Waals surface area contributed by atoms with Gasteiger partial charge < -0.3 is 10.2 Å². The van der Waals surface area contributed by atoms with Crippen LogP contribution in [0.4, 0.5) is 11.4 Å². The lowest BCUT2D eigenvalue weighted by Crippen LogP contribution is -2.43. The van der Waals surface area contributed by atoms with Gasteiger partial charge in [0, 0.05) is 28.8 Å². The van der Waals surface area contributed by atoms with Crippen LogP contribution in [0.25, 0.3) is 0 Å². The molecule has 0 saturated heterocycles. The van der Waals surface area contributed by atoms with E-state index in [1.165, 1.54) is 0 Å². The summed E-state index contributed by atoms with van der Waals surface area (Å²) in [4.78, 5) is 13.9. The van der Waals surface area contributed by atoms with Gasteiger partial charge in [-0.3, -0.25) is 4.79 Å². The fraction of sp³-hybridized carbons (Fsp3) is 0.278. The van der Waals surface area contributed by atoms with Crippen molar-refractivity contribution in [2.45, 2.75) is 32.4 Å². The van der Waals surface area contributed by atoms with Gasteiger partial charge in [0.1, 0.15) is 0 Å². The molecule has 0 radical (unpaired) electrons. The first-order valence-corrected chi connectivity index (χ1v) is 8.26.